The number of phosphoric acid groups is 1. The van der Waals surface area contributed by atoms with Crippen molar-refractivity contribution < 1.29 is 78.4 Å². The first-order chi connectivity index (χ1) is 30.6. The summed E-state index contributed by atoms with van der Waals surface area (Å²) in [6.07, 6.45) is 19.0. The number of carbonyl (C=O) groups excluding carboxylic acids is 2. The molecule has 1 saturated carbocycles. The van der Waals surface area contributed by atoms with E-state index in [1.165, 1.54) is 31.8 Å². The van der Waals surface area contributed by atoms with Crippen molar-refractivity contribution in [2.75, 3.05) is 13.2 Å². The van der Waals surface area contributed by atoms with Crippen molar-refractivity contribution in [2.45, 2.75) is 210 Å². The van der Waals surface area contributed by atoms with Crippen LogP contribution in [0.5, 0.6) is 0 Å². The molecule has 0 spiro atoms. The SMILES string of the molecule is CCCCCC/C=C\CCCCCCCCCC(=O)OC[C@H](COP(=O)(O)OC1[C@H](O)[C@H](O)C(O)[C@H](O)[C@H]1O)OC(=O)CCC[C@H](O)[C@@H](O)/C=C/C=C/C=C\C=C\[C@@H](O)CCCCC. The zero-order chi connectivity index (χ0) is 47.6. The van der Waals surface area contributed by atoms with Gasteiger partial charge in [0, 0.05) is 12.8 Å². The van der Waals surface area contributed by atoms with Gasteiger partial charge < -0.3 is 55.2 Å². The monoisotopic (exact) mass is 933 g/mol. The Bertz CT molecular complexity index is 1400. The van der Waals surface area contributed by atoms with Gasteiger partial charge in [-0.15, -0.1) is 0 Å². The van der Waals surface area contributed by atoms with Gasteiger partial charge in [-0.2, -0.15) is 0 Å². The second kappa shape index (κ2) is 36.5. The van der Waals surface area contributed by atoms with E-state index in [0.29, 0.717) is 12.8 Å². The Morgan fingerprint density at radius 1 is 0.578 bits per heavy atom. The molecule has 1 aliphatic carbocycles. The van der Waals surface area contributed by atoms with Crippen LogP contribution in [0.25, 0.3) is 0 Å². The van der Waals surface area contributed by atoms with Crippen LogP contribution in [0.1, 0.15) is 149 Å². The predicted octanol–water partition coefficient (Wildman–Crippen LogP) is 5.86. The van der Waals surface area contributed by atoms with E-state index in [-0.39, 0.29) is 25.7 Å². The Labute approximate surface area is 381 Å². The Balaban J connectivity index is 2.62. The van der Waals surface area contributed by atoms with Gasteiger partial charge in [0.25, 0.3) is 0 Å². The van der Waals surface area contributed by atoms with Gasteiger partial charge in [0.1, 0.15) is 43.2 Å². The van der Waals surface area contributed by atoms with E-state index in [2.05, 4.69) is 26.0 Å². The van der Waals surface area contributed by atoms with Gasteiger partial charge >= 0.3 is 19.8 Å². The number of phosphoric ester groups is 1. The van der Waals surface area contributed by atoms with Crippen LogP contribution in [-0.4, -0.2) is 132 Å². The summed E-state index contributed by atoms with van der Waals surface area (Å²) >= 11 is 0. The van der Waals surface area contributed by atoms with E-state index in [1.54, 1.807) is 42.5 Å². The van der Waals surface area contributed by atoms with Gasteiger partial charge in [-0.1, -0.05) is 145 Å². The van der Waals surface area contributed by atoms with Crippen LogP contribution in [0.2, 0.25) is 0 Å². The first-order valence-corrected chi connectivity index (χ1v) is 24.9. The van der Waals surface area contributed by atoms with E-state index in [4.69, 9.17) is 18.5 Å². The van der Waals surface area contributed by atoms with Crippen molar-refractivity contribution in [3.63, 3.8) is 0 Å². The van der Waals surface area contributed by atoms with E-state index in [0.717, 1.165) is 70.6 Å². The lowest BCUT2D eigenvalue weighted by atomic mass is 9.85. The number of hydrogen-bond donors (Lipinski definition) is 9. The molecule has 17 heteroatoms. The minimum atomic E-state index is -5.22. The number of rotatable bonds is 37. The molecule has 11 atom stereocenters. The highest BCUT2D eigenvalue weighted by atomic mass is 31.2. The van der Waals surface area contributed by atoms with E-state index in [9.17, 15) is 59.9 Å². The third-order valence-corrected chi connectivity index (χ3v) is 11.7. The van der Waals surface area contributed by atoms with Crippen LogP contribution in [0.15, 0.2) is 60.8 Å². The maximum Gasteiger partial charge on any atom is 0.472 e. The van der Waals surface area contributed by atoms with Gasteiger partial charge in [0.2, 0.25) is 0 Å². The van der Waals surface area contributed by atoms with E-state index in [1.807, 2.05) is 0 Å². The van der Waals surface area contributed by atoms with Crippen molar-refractivity contribution in [1.29, 1.82) is 0 Å². The van der Waals surface area contributed by atoms with Crippen LogP contribution < -0.4 is 0 Å². The van der Waals surface area contributed by atoms with Gasteiger partial charge in [-0.25, -0.2) is 4.57 Å². The van der Waals surface area contributed by atoms with Crippen molar-refractivity contribution in [3.8, 4) is 0 Å². The average molecular weight is 933 g/mol. The molecule has 64 heavy (non-hydrogen) atoms. The topological polar surface area (TPSA) is 270 Å². The molecular weight excluding hydrogens is 851 g/mol. The van der Waals surface area contributed by atoms with Crippen LogP contribution in [0.4, 0.5) is 0 Å². The van der Waals surface area contributed by atoms with Crippen molar-refractivity contribution in [3.05, 3.63) is 60.8 Å². The number of carbonyl (C=O) groups is 2. The summed E-state index contributed by atoms with van der Waals surface area (Å²) in [6, 6.07) is 0. The van der Waals surface area contributed by atoms with Crippen molar-refractivity contribution in [2.24, 2.45) is 0 Å². The Morgan fingerprint density at radius 3 is 1.69 bits per heavy atom. The molecule has 0 aromatic heterocycles. The molecule has 1 fully saturated rings. The summed E-state index contributed by atoms with van der Waals surface area (Å²) in [6.45, 7) is 2.88. The zero-order valence-electron chi connectivity index (χ0n) is 38.1. The van der Waals surface area contributed by atoms with Crippen molar-refractivity contribution >= 4 is 19.8 Å². The second-order valence-electron chi connectivity index (χ2n) is 16.5. The number of hydrogen-bond acceptors (Lipinski definition) is 15. The molecule has 0 heterocycles. The average Bonchev–Trinajstić information content (AvgIpc) is 3.26. The maximum absolute atomic E-state index is 12.8. The normalized spacial score (nSPS) is 23.6. The number of ether oxygens (including phenoxy) is 2. The highest BCUT2D eigenvalue weighted by Crippen LogP contribution is 2.47. The lowest BCUT2D eigenvalue weighted by Crippen LogP contribution is -2.64. The standard InChI is InChI=1S/C47H81O16P/c1-3-5-7-8-9-10-11-12-13-14-15-16-17-22-26-32-40(51)60-34-37(35-61-64(58,59)63-47-45(56)43(54)42(53)44(55)46(47)57)62-41(52)33-27-31-39(50)38(49)30-25-21-19-18-20-24-29-36(48)28-23-6-4-2/h10-11,18-21,24-25,29-30,36-39,42-50,53-57H,3-9,12-17,22-23,26-28,31-35H2,1-2H3,(H,58,59)/b11-10-,20-18-,21-19+,29-24+,30-25+/t36-,37+,38-,39-,42?,43-,44+,45+,46+,47?/m0/s1. The summed E-state index contributed by atoms with van der Waals surface area (Å²) < 4.78 is 33.3. The molecule has 370 valence electrons. The van der Waals surface area contributed by atoms with Gasteiger partial charge in [-0.3, -0.25) is 18.6 Å². The smallest absolute Gasteiger partial charge is 0.462 e. The lowest BCUT2D eigenvalue weighted by molar-refractivity contribution is -0.220. The third-order valence-electron chi connectivity index (χ3n) is 10.7. The third kappa shape index (κ3) is 28.5. The molecule has 3 unspecified atom stereocenters. The minimum Gasteiger partial charge on any atom is -0.462 e. The van der Waals surface area contributed by atoms with Gasteiger partial charge in [-0.05, 0) is 51.4 Å². The molecule has 1 rings (SSSR count). The summed E-state index contributed by atoms with van der Waals surface area (Å²) in [5.41, 5.74) is 0. The largest absolute Gasteiger partial charge is 0.472 e. The van der Waals surface area contributed by atoms with Gasteiger partial charge in [0.15, 0.2) is 6.10 Å². The fourth-order valence-corrected chi connectivity index (χ4v) is 7.70. The molecule has 0 aliphatic heterocycles. The second-order valence-corrected chi connectivity index (χ2v) is 17.9. The Kier molecular flexibility index (Phi) is 33.9. The summed E-state index contributed by atoms with van der Waals surface area (Å²) in [5.74, 6) is -1.44. The number of esters is 2. The number of aliphatic hydroxyl groups is 8. The molecule has 0 radical (unpaired) electrons. The Hall–Kier alpha value is -2.57. The number of allylic oxidation sites excluding steroid dienone is 8. The number of aliphatic hydroxyl groups excluding tert-OH is 8. The first kappa shape index (κ1) is 59.4. The van der Waals surface area contributed by atoms with Crippen LogP contribution in [-0.2, 0) is 32.7 Å². The lowest BCUT2D eigenvalue weighted by Gasteiger charge is -2.41. The molecule has 16 nitrogen and oxygen atoms in total. The molecule has 0 bridgehead atoms. The van der Waals surface area contributed by atoms with E-state index < -0.39 is 94.0 Å². The fraction of sp³-hybridized carbons (Fsp3) is 0.745. The molecule has 0 amide bonds. The fourth-order valence-electron chi connectivity index (χ4n) is 6.72. The summed E-state index contributed by atoms with van der Waals surface area (Å²) in [7, 11) is -5.22. The zero-order valence-corrected chi connectivity index (χ0v) is 39.0. The van der Waals surface area contributed by atoms with Gasteiger partial charge in [0.05, 0.1) is 24.9 Å². The molecule has 0 saturated heterocycles. The van der Waals surface area contributed by atoms with Crippen molar-refractivity contribution in [1.82, 2.24) is 0 Å². The maximum atomic E-state index is 12.8. The van der Waals surface area contributed by atoms with E-state index >= 15 is 0 Å². The quantitative estimate of drug-likeness (QED) is 0.0116. The highest BCUT2D eigenvalue weighted by Gasteiger charge is 2.51. The van der Waals surface area contributed by atoms with Crippen LogP contribution >= 0.6 is 7.82 Å². The predicted molar refractivity (Wildman–Crippen MR) is 244 cm³/mol. The summed E-state index contributed by atoms with van der Waals surface area (Å²) in [5, 5.41) is 80.8. The first-order valence-electron chi connectivity index (χ1n) is 23.4. The van der Waals surface area contributed by atoms with Crippen LogP contribution in [0.3, 0.4) is 0 Å². The molecule has 0 aromatic rings. The molecule has 9 N–H and O–H groups in total. The Morgan fingerprint density at radius 2 is 1.08 bits per heavy atom. The summed E-state index contributed by atoms with van der Waals surface area (Å²) in [4.78, 5) is 35.7. The molecular formula is C47H81O16P. The minimum absolute atomic E-state index is 0.000471. The molecule has 0 aromatic carbocycles. The highest BCUT2D eigenvalue weighted by molar-refractivity contribution is 7.47. The number of unbranched alkanes of at least 4 members (excludes halogenated alkanes) is 13. The van der Waals surface area contributed by atoms with Crippen LogP contribution in [0, 0.1) is 0 Å². The molecule has 1 aliphatic rings.